The topological polar surface area (TPSA) is 38.9 Å². The summed E-state index contributed by atoms with van der Waals surface area (Å²) in [6.07, 6.45) is 6.72. The van der Waals surface area contributed by atoms with E-state index in [0.717, 1.165) is 12.8 Å². The Balaban J connectivity index is 1.84. The monoisotopic (exact) mass is 234 g/mol. The van der Waals surface area contributed by atoms with Crippen LogP contribution in [0, 0.1) is 0 Å². The molecule has 2 N–H and O–H groups in total. The van der Waals surface area contributed by atoms with Crippen molar-refractivity contribution in [3.05, 3.63) is 29.1 Å². The maximum atomic E-state index is 5.98. The molecule has 3 rings (SSSR count). The summed E-state index contributed by atoms with van der Waals surface area (Å²) in [6.45, 7) is 0. The van der Waals surface area contributed by atoms with Crippen molar-refractivity contribution >= 4 is 11.8 Å². The van der Waals surface area contributed by atoms with Crippen LogP contribution in [0.15, 0.2) is 12.3 Å². The third kappa shape index (κ3) is 1.98. The third-order valence-electron chi connectivity index (χ3n) is 3.71. The molecule has 16 heavy (non-hydrogen) atoms. The lowest BCUT2D eigenvalue weighted by molar-refractivity contribution is 0.618. The van der Waals surface area contributed by atoms with Crippen LogP contribution < -0.4 is 5.73 Å². The van der Waals surface area contributed by atoms with Gasteiger partial charge in [-0.15, -0.1) is 0 Å². The first-order chi connectivity index (χ1) is 7.83. The van der Waals surface area contributed by atoms with E-state index in [9.17, 15) is 0 Å². The summed E-state index contributed by atoms with van der Waals surface area (Å²) >= 11 is 2.07. The summed E-state index contributed by atoms with van der Waals surface area (Å²) in [5, 5.41) is 0. The highest BCUT2D eigenvalue weighted by atomic mass is 32.2. The quantitative estimate of drug-likeness (QED) is 0.809. The Morgan fingerprint density at radius 2 is 1.94 bits per heavy atom. The molecule has 1 saturated heterocycles. The van der Waals surface area contributed by atoms with Gasteiger partial charge in [0.2, 0.25) is 0 Å². The molecule has 2 aliphatic rings. The molecule has 1 atom stereocenters. The van der Waals surface area contributed by atoms with Gasteiger partial charge in [-0.2, -0.15) is 11.8 Å². The van der Waals surface area contributed by atoms with Crippen LogP contribution in [0.4, 0.5) is 0 Å². The second-order valence-corrected chi connectivity index (χ2v) is 6.16. The van der Waals surface area contributed by atoms with E-state index in [1.807, 2.05) is 0 Å². The third-order valence-corrected chi connectivity index (χ3v) is 4.76. The summed E-state index contributed by atoms with van der Waals surface area (Å²) in [4.78, 5) is 4.64. The Kier molecular flexibility index (Phi) is 2.90. The van der Waals surface area contributed by atoms with Gasteiger partial charge in [-0.25, -0.2) is 0 Å². The number of aromatic nitrogens is 1. The Bertz CT molecular complexity index is 386. The van der Waals surface area contributed by atoms with Crippen LogP contribution in [-0.4, -0.2) is 22.5 Å². The molecule has 0 bridgehead atoms. The average molecular weight is 234 g/mol. The van der Waals surface area contributed by atoms with Crippen molar-refractivity contribution in [2.24, 2.45) is 5.73 Å². The molecule has 1 aliphatic carbocycles. The molecule has 86 valence electrons. The van der Waals surface area contributed by atoms with Gasteiger partial charge in [0.25, 0.3) is 0 Å². The molecule has 1 unspecified atom stereocenters. The number of hydrogen-bond acceptors (Lipinski definition) is 3. The summed E-state index contributed by atoms with van der Waals surface area (Å²) in [5.41, 5.74) is 10.1. The zero-order valence-corrected chi connectivity index (χ0v) is 10.3. The van der Waals surface area contributed by atoms with E-state index in [0.29, 0.717) is 12.0 Å². The summed E-state index contributed by atoms with van der Waals surface area (Å²) in [7, 11) is 0. The Morgan fingerprint density at radius 1 is 1.19 bits per heavy atom. The van der Waals surface area contributed by atoms with Crippen LogP contribution in [0.25, 0.3) is 0 Å². The maximum Gasteiger partial charge on any atom is 0.0438 e. The van der Waals surface area contributed by atoms with Gasteiger partial charge in [0.05, 0.1) is 0 Å². The van der Waals surface area contributed by atoms with Gasteiger partial charge < -0.3 is 5.73 Å². The van der Waals surface area contributed by atoms with E-state index in [4.69, 9.17) is 5.73 Å². The number of nitrogens with zero attached hydrogens (tertiary/aromatic N) is 1. The standard InChI is InChI=1S/C13H18N2S/c14-12-5-10-7-13(15-8-11(10)6-12)9-1-3-16-4-2-9/h7-9,12H,1-6,14H2. The summed E-state index contributed by atoms with van der Waals surface area (Å²) < 4.78 is 0. The molecule has 2 heterocycles. The van der Waals surface area contributed by atoms with Crippen molar-refractivity contribution in [3.63, 3.8) is 0 Å². The first kappa shape index (κ1) is 10.6. The molecule has 0 amide bonds. The zero-order valence-electron chi connectivity index (χ0n) is 9.48. The average Bonchev–Trinajstić information content (AvgIpc) is 2.69. The molecule has 0 spiro atoms. The van der Waals surface area contributed by atoms with Crippen LogP contribution >= 0.6 is 11.8 Å². The lowest BCUT2D eigenvalue weighted by Crippen LogP contribution is -2.19. The van der Waals surface area contributed by atoms with E-state index < -0.39 is 0 Å². The van der Waals surface area contributed by atoms with Crippen LogP contribution in [0.1, 0.15) is 35.6 Å². The van der Waals surface area contributed by atoms with Gasteiger partial charge in [0, 0.05) is 23.9 Å². The van der Waals surface area contributed by atoms with Gasteiger partial charge in [0.15, 0.2) is 0 Å². The molecule has 0 aromatic carbocycles. The highest BCUT2D eigenvalue weighted by Gasteiger charge is 2.22. The first-order valence-electron chi connectivity index (χ1n) is 6.14. The van der Waals surface area contributed by atoms with E-state index >= 15 is 0 Å². The summed E-state index contributed by atoms with van der Waals surface area (Å²) in [5.74, 6) is 3.29. The van der Waals surface area contributed by atoms with Crippen molar-refractivity contribution < 1.29 is 0 Å². The first-order valence-corrected chi connectivity index (χ1v) is 7.29. The van der Waals surface area contributed by atoms with E-state index in [-0.39, 0.29) is 0 Å². The minimum Gasteiger partial charge on any atom is -0.327 e. The van der Waals surface area contributed by atoms with Crippen molar-refractivity contribution in [1.29, 1.82) is 0 Å². The number of thioether (sulfide) groups is 1. The second-order valence-electron chi connectivity index (χ2n) is 4.93. The molecule has 0 saturated carbocycles. The molecular weight excluding hydrogens is 216 g/mol. The minimum absolute atomic E-state index is 0.328. The van der Waals surface area contributed by atoms with Crippen LogP contribution in [0.3, 0.4) is 0 Å². The fourth-order valence-corrected chi connectivity index (χ4v) is 3.88. The van der Waals surface area contributed by atoms with Crippen molar-refractivity contribution in [3.8, 4) is 0 Å². The predicted molar refractivity (Wildman–Crippen MR) is 68.9 cm³/mol. The number of fused-ring (bicyclic) bond motifs is 1. The van der Waals surface area contributed by atoms with Crippen molar-refractivity contribution in [2.45, 2.75) is 37.6 Å². The zero-order chi connectivity index (χ0) is 11.0. The minimum atomic E-state index is 0.328. The molecule has 1 aliphatic heterocycles. The predicted octanol–water partition coefficient (Wildman–Crippen LogP) is 2.12. The molecule has 2 nitrogen and oxygen atoms in total. The lowest BCUT2D eigenvalue weighted by atomic mass is 9.96. The van der Waals surface area contributed by atoms with Gasteiger partial charge in [0.1, 0.15) is 0 Å². The largest absolute Gasteiger partial charge is 0.327 e. The summed E-state index contributed by atoms with van der Waals surface area (Å²) in [6, 6.07) is 2.65. The molecule has 1 fully saturated rings. The number of nitrogens with two attached hydrogens (primary N) is 1. The molecule has 1 aromatic heterocycles. The van der Waals surface area contributed by atoms with Gasteiger partial charge in [-0.3, -0.25) is 4.98 Å². The Hall–Kier alpha value is -0.540. The van der Waals surface area contributed by atoms with Crippen LogP contribution in [-0.2, 0) is 12.8 Å². The molecule has 1 aromatic rings. The molecular formula is C13H18N2S. The van der Waals surface area contributed by atoms with Crippen LogP contribution in [0.2, 0.25) is 0 Å². The molecule has 3 heteroatoms. The normalized spacial score (nSPS) is 25.7. The fourth-order valence-electron chi connectivity index (χ4n) is 2.77. The highest BCUT2D eigenvalue weighted by molar-refractivity contribution is 7.99. The number of rotatable bonds is 1. The van der Waals surface area contributed by atoms with Crippen molar-refractivity contribution in [1.82, 2.24) is 4.98 Å². The van der Waals surface area contributed by atoms with Gasteiger partial charge in [-0.05, 0) is 54.4 Å². The highest BCUT2D eigenvalue weighted by Crippen LogP contribution is 2.32. The maximum absolute atomic E-state index is 5.98. The SMILES string of the molecule is NC1Cc2cnc(C3CCSCC3)cc2C1. The van der Waals surface area contributed by atoms with Gasteiger partial charge in [-0.1, -0.05) is 0 Å². The Labute approximate surface area is 101 Å². The smallest absolute Gasteiger partial charge is 0.0438 e. The van der Waals surface area contributed by atoms with Crippen molar-refractivity contribution in [2.75, 3.05) is 11.5 Å². The number of pyridine rings is 1. The molecule has 0 radical (unpaired) electrons. The lowest BCUT2D eigenvalue weighted by Gasteiger charge is -2.21. The Morgan fingerprint density at radius 3 is 2.75 bits per heavy atom. The van der Waals surface area contributed by atoms with E-state index in [1.54, 1.807) is 0 Å². The fraction of sp³-hybridized carbons (Fsp3) is 0.615. The van der Waals surface area contributed by atoms with Crippen LogP contribution in [0.5, 0.6) is 0 Å². The number of hydrogen-bond donors (Lipinski definition) is 1. The second kappa shape index (κ2) is 4.38. The van der Waals surface area contributed by atoms with E-state index in [1.165, 1.54) is 41.2 Å². The van der Waals surface area contributed by atoms with E-state index in [2.05, 4.69) is 29.0 Å². The van der Waals surface area contributed by atoms with Gasteiger partial charge >= 0.3 is 0 Å².